The molecule has 0 bridgehead atoms. The molecule has 17 heavy (non-hydrogen) atoms. The van der Waals surface area contributed by atoms with Crippen LogP contribution in [0.2, 0.25) is 5.02 Å². The van der Waals surface area contributed by atoms with Crippen LogP contribution >= 0.6 is 11.6 Å². The summed E-state index contributed by atoms with van der Waals surface area (Å²) in [6.07, 6.45) is 1.72. The van der Waals surface area contributed by atoms with Crippen molar-refractivity contribution in [1.82, 2.24) is 0 Å². The van der Waals surface area contributed by atoms with Crippen LogP contribution in [-0.2, 0) is 6.42 Å². The Morgan fingerprint density at radius 3 is 2.82 bits per heavy atom. The molecule has 94 valence electrons. The van der Waals surface area contributed by atoms with Crippen LogP contribution < -0.4 is 10.5 Å². The maximum Gasteiger partial charge on any atom is 0.141 e. The lowest BCUT2D eigenvalue weighted by molar-refractivity contribution is 0.348. The average Bonchev–Trinajstić information content (AvgIpc) is 2.27. The molecule has 0 aliphatic heterocycles. The van der Waals surface area contributed by atoms with E-state index in [1.54, 1.807) is 0 Å². The number of hydrogen-bond acceptors (Lipinski definition) is 2. The van der Waals surface area contributed by atoms with Crippen molar-refractivity contribution < 1.29 is 4.74 Å². The third kappa shape index (κ3) is 4.41. The molecule has 3 heteroatoms. The second-order valence-electron chi connectivity index (χ2n) is 4.35. The van der Waals surface area contributed by atoms with Crippen molar-refractivity contribution in [3.63, 3.8) is 0 Å². The molecule has 2 nitrogen and oxygen atoms in total. The van der Waals surface area contributed by atoms with E-state index in [1.807, 2.05) is 25.1 Å². The molecule has 0 aliphatic carbocycles. The van der Waals surface area contributed by atoms with Crippen molar-refractivity contribution in [3.8, 4) is 5.75 Å². The van der Waals surface area contributed by atoms with Crippen LogP contribution in [0.1, 0.15) is 25.8 Å². The molecule has 1 unspecified atom stereocenters. The summed E-state index contributed by atoms with van der Waals surface area (Å²) in [7, 11) is 0. The van der Waals surface area contributed by atoms with Crippen LogP contribution in [0.3, 0.4) is 0 Å². The fraction of sp³-hybridized carbons (Fsp3) is 0.429. The summed E-state index contributed by atoms with van der Waals surface area (Å²) in [4.78, 5) is 0. The standard InChI is InChI=1S/C14H20ClNO/c1-4-12(16)8-11-6-5-7-13(15)14(11)17-9-10(2)3/h5-7,12H,2,4,8-9,16H2,1,3H3. The first-order valence-electron chi connectivity index (χ1n) is 5.84. The molecule has 2 N–H and O–H groups in total. The zero-order valence-corrected chi connectivity index (χ0v) is 11.3. The highest BCUT2D eigenvalue weighted by Gasteiger charge is 2.11. The number of nitrogens with two attached hydrogens (primary N) is 1. The van der Waals surface area contributed by atoms with E-state index in [4.69, 9.17) is 22.1 Å². The first-order chi connectivity index (χ1) is 8.04. The molecule has 0 saturated heterocycles. The van der Waals surface area contributed by atoms with E-state index in [2.05, 4.69) is 13.5 Å². The van der Waals surface area contributed by atoms with Crippen LogP contribution in [0.25, 0.3) is 0 Å². The van der Waals surface area contributed by atoms with Crippen molar-refractivity contribution in [1.29, 1.82) is 0 Å². The van der Waals surface area contributed by atoms with Crippen molar-refractivity contribution >= 4 is 11.6 Å². The van der Waals surface area contributed by atoms with Gasteiger partial charge >= 0.3 is 0 Å². The second kappa shape index (κ2) is 6.67. The largest absolute Gasteiger partial charge is 0.487 e. The first-order valence-corrected chi connectivity index (χ1v) is 6.22. The summed E-state index contributed by atoms with van der Waals surface area (Å²) < 4.78 is 5.69. The molecule has 0 aromatic heterocycles. The average molecular weight is 254 g/mol. The molecule has 0 saturated carbocycles. The van der Waals surface area contributed by atoms with E-state index in [0.29, 0.717) is 11.6 Å². The van der Waals surface area contributed by atoms with Gasteiger partial charge in [0.2, 0.25) is 0 Å². The number of halogens is 1. The number of rotatable bonds is 6. The minimum absolute atomic E-state index is 0.139. The fourth-order valence-electron chi connectivity index (χ4n) is 1.50. The van der Waals surface area contributed by atoms with Crippen molar-refractivity contribution in [3.05, 3.63) is 40.9 Å². The summed E-state index contributed by atoms with van der Waals surface area (Å²) >= 11 is 6.14. The molecule has 1 rings (SSSR count). The molecular weight excluding hydrogens is 234 g/mol. The van der Waals surface area contributed by atoms with Crippen LogP contribution in [0.15, 0.2) is 30.4 Å². The van der Waals surface area contributed by atoms with E-state index >= 15 is 0 Å². The maximum atomic E-state index is 6.14. The van der Waals surface area contributed by atoms with E-state index < -0.39 is 0 Å². The van der Waals surface area contributed by atoms with Gasteiger partial charge in [-0.2, -0.15) is 0 Å². The second-order valence-corrected chi connectivity index (χ2v) is 4.75. The van der Waals surface area contributed by atoms with Gasteiger partial charge in [0.1, 0.15) is 12.4 Å². The van der Waals surface area contributed by atoms with Crippen LogP contribution in [0, 0.1) is 0 Å². The quantitative estimate of drug-likeness (QED) is 0.787. The molecule has 0 spiro atoms. The Morgan fingerprint density at radius 1 is 1.53 bits per heavy atom. The maximum absolute atomic E-state index is 6.14. The summed E-state index contributed by atoms with van der Waals surface area (Å²) in [5.41, 5.74) is 7.99. The van der Waals surface area contributed by atoms with E-state index in [0.717, 1.165) is 29.7 Å². The zero-order chi connectivity index (χ0) is 12.8. The van der Waals surface area contributed by atoms with Gasteiger partial charge in [-0.15, -0.1) is 0 Å². The number of benzene rings is 1. The predicted molar refractivity (Wildman–Crippen MR) is 73.7 cm³/mol. The summed E-state index contributed by atoms with van der Waals surface area (Å²) in [6.45, 7) is 8.30. The predicted octanol–water partition coefficient (Wildman–Crippen LogP) is 3.57. The lowest BCUT2D eigenvalue weighted by Crippen LogP contribution is -2.21. The zero-order valence-electron chi connectivity index (χ0n) is 10.5. The smallest absolute Gasteiger partial charge is 0.141 e. The molecule has 1 aromatic rings. The summed E-state index contributed by atoms with van der Waals surface area (Å²) in [5.74, 6) is 0.737. The highest BCUT2D eigenvalue weighted by Crippen LogP contribution is 2.30. The minimum atomic E-state index is 0.139. The van der Waals surface area contributed by atoms with Gasteiger partial charge < -0.3 is 10.5 Å². The Hall–Kier alpha value is -0.990. The summed E-state index contributed by atoms with van der Waals surface area (Å²) in [6, 6.07) is 5.90. The van der Waals surface area contributed by atoms with E-state index in [1.165, 1.54) is 0 Å². The van der Waals surface area contributed by atoms with Crippen molar-refractivity contribution in [2.75, 3.05) is 6.61 Å². The Kier molecular flexibility index (Phi) is 5.52. The molecule has 0 radical (unpaired) electrons. The number of ether oxygens (including phenoxy) is 1. The Labute approximate surface area is 108 Å². The van der Waals surface area contributed by atoms with Gasteiger partial charge in [0.15, 0.2) is 0 Å². The molecule has 0 heterocycles. The highest BCUT2D eigenvalue weighted by atomic mass is 35.5. The molecule has 1 aromatic carbocycles. The Morgan fingerprint density at radius 2 is 2.24 bits per heavy atom. The van der Waals surface area contributed by atoms with Gasteiger partial charge in [-0.3, -0.25) is 0 Å². The van der Waals surface area contributed by atoms with Gasteiger partial charge in [0.25, 0.3) is 0 Å². The normalized spacial score (nSPS) is 12.2. The number of hydrogen-bond donors (Lipinski definition) is 1. The molecule has 0 fully saturated rings. The molecule has 0 amide bonds. The van der Waals surface area contributed by atoms with Gasteiger partial charge in [0, 0.05) is 6.04 Å². The molecule has 1 atom stereocenters. The molecule has 0 aliphatic rings. The third-order valence-corrected chi connectivity index (χ3v) is 2.82. The van der Waals surface area contributed by atoms with Gasteiger partial charge in [-0.05, 0) is 37.0 Å². The Bertz CT molecular complexity index is 390. The van der Waals surface area contributed by atoms with E-state index in [9.17, 15) is 0 Å². The minimum Gasteiger partial charge on any atom is -0.487 e. The topological polar surface area (TPSA) is 35.2 Å². The van der Waals surface area contributed by atoms with Gasteiger partial charge in [-0.25, -0.2) is 0 Å². The number of para-hydroxylation sites is 1. The first kappa shape index (κ1) is 14.1. The van der Waals surface area contributed by atoms with Gasteiger partial charge in [0.05, 0.1) is 5.02 Å². The van der Waals surface area contributed by atoms with Crippen LogP contribution in [0.5, 0.6) is 5.75 Å². The van der Waals surface area contributed by atoms with E-state index in [-0.39, 0.29) is 6.04 Å². The summed E-state index contributed by atoms with van der Waals surface area (Å²) in [5, 5.41) is 0.632. The van der Waals surface area contributed by atoms with Crippen LogP contribution in [-0.4, -0.2) is 12.6 Å². The van der Waals surface area contributed by atoms with Crippen LogP contribution in [0.4, 0.5) is 0 Å². The highest BCUT2D eigenvalue weighted by molar-refractivity contribution is 6.32. The SMILES string of the molecule is C=C(C)COc1c(Cl)cccc1CC(N)CC. The van der Waals surface area contributed by atoms with Crippen molar-refractivity contribution in [2.45, 2.75) is 32.7 Å². The fourth-order valence-corrected chi connectivity index (χ4v) is 1.75. The Balaban J connectivity index is 2.87. The third-order valence-electron chi connectivity index (χ3n) is 2.52. The monoisotopic (exact) mass is 253 g/mol. The lowest BCUT2D eigenvalue weighted by atomic mass is 10.0. The van der Waals surface area contributed by atoms with Gasteiger partial charge in [-0.1, -0.05) is 37.2 Å². The lowest BCUT2D eigenvalue weighted by Gasteiger charge is -2.15. The molecular formula is C14H20ClNO. The van der Waals surface area contributed by atoms with Crippen molar-refractivity contribution in [2.24, 2.45) is 5.73 Å².